The molecular weight excluding hydrogens is 312 g/mol. The molecule has 24 heavy (non-hydrogen) atoms. The van der Waals surface area contributed by atoms with Gasteiger partial charge < -0.3 is 19.4 Å². The Bertz CT molecular complexity index is 697. The summed E-state index contributed by atoms with van der Waals surface area (Å²) in [5, 5.41) is 7.09. The van der Waals surface area contributed by atoms with Crippen molar-refractivity contribution in [1.82, 2.24) is 29.6 Å². The zero-order valence-corrected chi connectivity index (χ0v) is 14.2. The number of likely N-dealkylation sites (N-methyl/N-ethyl adjacent to an activating group) is 1. The molecule has 1 N–H and O–H groups in total. The topological polar surface area (TPSA) is 96.1 Å². The van der Waals surface area contributed by atoms with Gasteiger partial charge in [-0.05, 0) is 6.92 Å². The SMILES string of the molecule is CNC(=O)Cc1nc(-c2c(C)ncn2C)n(CC2COCCO2)n1. The Hall–Kier alpha value is -2.26. The quantitative estimate of drug-likeness (QED) is 0.806. The minimum absolute atomic E-state index is 0.0828. The highest BCUT2D eigenvalue weighted by atomic mass is 16.6. The Morgan fingerprint density at radius 1 is 1.46 bits per heavy atom. The molecule has 0 saturated carbocycles. The number of imidazole rings is 1. The zero-order chi connectivity index (χ0) is 17.1. The molecule has 9 heteroatoms. The van der Waals surface area contributed by atoms with E-state index in [2.05, 4.69) is 20.4 Å². The lowest BCUT2D eigenvalue weighted by Gasteiger charge is -2.23. The molecule has 130 valence electrons. The summed E-state index contributed by atoms with van der Waals surface area (Å²) < 4.78 is 14.8. The summed E-state index contributed by atoms with van der Waals surface area (Å²) >= 11 is 0. The van der Waals surface area contributed by atoms with Crippen LogP contribution in [0.3, 0.4) is 0 Å². The number of hydrogen-bond donors (Lipinski definition) is 1. The molecule has 0 spiro atoms. The van der Waals surface area contributed by atoms with E-state index in [4.69, 9.17) is 9.47 Å². The largest absolute Gasteiger partial charge is 0.376 e. The third-order valence-electron chi connectivity index (χ3n) is 3.91. The first kappa shape index (κ1) is 16.6. The van der Waals surface area contributed by atoms with Crippen LogP contribution in [-0.2, 0) is 34.3 Å². The summed E-state index contributed by atoms with van der Waals surface area (Å²) in [7, 11) is 3.51. The van der Waals surface area contributed by atoms with Gasteiger partial charge in [0.1, 0.15) is 11.8 Å². The minimum Gasteiger partial charge on any atom is -0.376 e. The molecule has 3 heterocycles. The van der Waals surface area contributed by atoms with E-state index in [0.717, 1.165) is 11.4 Å². The Morgan fingerprint density at radius 2 is 2.29 bits per heavy atom. The number of carbonyl (C=O) groups is 1. The standard InChI is InChI=1S/C15H22N6O3/c1-10-14(20(3)9-17-10)15-18-12(6-13(22)16-2)19-21(15)7-11-8-23-4-5-24-11/h9,11H,4-8H2,1-3H3,(H,16,22). The lowest BCUT2D eigenvalue weighted by molar-refractivity contribution is -0.120. The maximum Gasteiger partial charge on any atom is 0.227 e. The monoisotopic (exact) mass is 334 g/mol. The van der Waals surface area contributed by atoms with E-state index < -0.39 is 0 Å². The van der Waals surface area contributed by atoms with Crippen LogP contribution in [0.4, 0.5) is 0 Å². The van der Waals surface area contributed by atoms with Crippen molar-refractivity contribution in [3.63, 3.8) is 0 Å². The van der Waals surface area contributed by atoms with Crippen molar-refractivity contribution in [2.75, 3.05) is 26.9 Å². The van der Waals surface area contributed by atoms with Gasteiger partial charge in [-0.2, -0.15) is 5.10 Å². The second kappa shape index (κ2) is 7.10. The smallest absolute Gasteiger partial charge is 0.227 e. The number of rotatable bonds is 5. The van der Waals surface area contributed by atoms with Crippen molar-refractivity contribution in [3.8, 4) is 11.5 Å². The highest BCUT2D eigenvalue weighted by Crippen LogP contribution is 2.21. The normalized spacial score (nSPS) is 17.9. The second-order valence-corrected chi connectivity index (χ2v) is 5.74. The average Bonchev–Trinajstić information content (AvgIpc) is 3.11. The molecule has 1 aliphatic heterocycles. The first-order valence-corrected chi connectivity index (χ1v) is 7.90. The molecule has 1 fully saturated rings. The first-order chi connectivity index (χ1) is 11.6. The summed E-state index contributed by atoms with van der Waals surface area (Å²) in [4.78, 5) is 20.5. The molecule has 1 aliphatic rings. The lowest BCUT2D eigenvalue weighted by Crippen LogP contribution is -2.33. The maximum absolute atomic E-state index is 11.6. The van der Waals surface area contributed by atoms with Crippen molar-refractivity contribution < 1.29 is 14.3 Å². The Kier molecular flexibility index (Phi) is 4.91. The number of carbonyl (C=O) groups excluding carboxylic acids is 1. The van der Waals surface area contributed by atoms with Crippen LogP contribution in [0.1, 0.15) is 11.5 Å². The van der Waals surface area contributed by atoms with Gasteiger partial charge in [-0.3, -0.25) is 4.79 Å². The molecule has 0 aromatic carbocycles. The molecule has 0 bridgehead atoms. The number of hydrogen-bond acceptors (Lipinski definition) is 6. The van der Waals surface area contributed by atoms with Crippen LogP contribution in [0.5, 0.6) is 0 Å². The zero-order valence-electron chi connectivity index (χ0n) is 14.2. The van der Waals surface area contributed by atoms with E-state index in [9.17, 15) is 4.79 Å². The summed E-state index contributed by atoms with van der Waals surface area (Å²) in [6.45, 7) is 4.15. The van der Waals surface area contributed by atoms with Gasteiger partial charge in [-0.15, -0.1) is 0 Å². The van der Waals surface area contributed by atoms with Crippen LogP contribution in [0.25, 0.3) is 11.5 Å². The summed E-state index contributed by atoms with van der Waals surface area (Å²) in [5.74, 6) is 1.03. The van der Waals surface area contributed by atoms with Crippen molar-refractivity contribution in [2.24, 2.45) is 7.05 Å². The van der Waals surface area contributed by atoms with E-state index in [-0.39, 0.29) is 18.4 Å². The van der Waals surface area contributed by atoms with Gasteiger partial charge in [-0.25, -0.2) is 14.6 Å². The third kappa shape index (κ3) is 3.46. The average molecular weight is 334 g/mol. The summed E-state index contributed by atoms with van der Waals surface area (Å²) in [6, 6.07) is 0. The predicted molar refractivity (Wildman–Crippen MR) is 85.3 cm³/mol. The van der Waals surface area contributed by atoms with Gasteiger partial charge >= 0.3 is 0 Å². The highest BCUT2D eigenvalue weighted by Gasteiger charge is 2.22. The summed E-state index contributed by atoms with van der Waals surface area (Å²) in [6.07, 6.45) is 1.79. The van der Waals surface area contributed by atoms with Gasteiger partial charge in [-0.1, -0.05) is 0 Å². The number of nitrogens with one attached hydrogen (secondary N) is 1. The molecule has 2 aromatic rings. The van der Waals surface area contributed by atoms with Crippen LogP contribution in [0.2, 0.25) is 0 Å². The van der Waals surface area contributed by atoms with Gasteiger partial charge in [0.05, 0.1) is 44.8 Å². The van der Waals surface area contributed by atoms with E-state index in [1.54, 1.807) is 18.1 Å². The molecule has 1 atom stereocenters. The number of nitrogens with zero attached hydrogens (tertiary/aromatic N) is 5. The fourth-order valence-corrected chi connectivity index (χ4v) is 2.70. The van der Waals surface area contributed by atoms with E-state index >= 15 is 0 Å². The van der Waals surface area contributed by atoms with E-state index in [0.29, 0.717) is 38.0 Å². The van der Waals surface area contributed by atoms with Crippen molar-refractivity contribution in [2.45, 2.75) is 26.0 Å². The molecule has 9 nitrogen and oxygen atoms in total. The van der Waals surface area contributed by atoms with Crippen LogP contribution >= 0.6 is 0 Å². The van der Waals surface area contributed by atoms with Gasteiger partial charge in [0.15, 0.2) is 11.6 Å². The molecular formula is C15H22N6O3. The number of amides is 1. The van der Waals surface area contributed by atoms with E-state index in [1.165, 1.54) is 0 Å². The molecule has 1 saturated heterocycles. The van der Waals surface area contributed by atoms with Crippen molar-refractivity contribution in [3.05, 3.63) is 17.8 Å². The number of aromatic nitrogens is 5. The van der Waals surface area contributed by atoms with E-state index in [1.807, 2.05) is 18.5 Å². The Morgan fingerprint density at radius 3 is 2.92 bits per heavy atom. The van der Waals surface area contributed by atoms with Crippen molar-refractivity contribution in [1.29, 1.82) is 0 Å². The molecule has 3 rings (SSSR count). The fraction of sp³-hybridized carbons (Fsp3) is 0.600. The third-order valence-corrected chi connectivity index (χ3v) is 3.91. The second-order valence-electron chi connectivity index (χ2n) is 5.74. The van der Waals surface area contributed by atoms with Crippen LogP contribution < -0.4 is 5.32 Å². The highest BCUT2D eigenvalue weighted by molar-refractivity contribution is 5.77. The molecule has 2 aromatic heterocycles. The Balaban J connectivity index is 1.93. The fourth-order valence-electron chi connectivity index (χ4n) is 2.70. The Labute approximate surface area is 140 Å². The lowest BCUT2D eigenvalue weighted by atomic mass is 10.3. The van der Waals surface area contributed by atoms with Gasteiger partial charge in [0.2, 0.25) is 5.91 Å². The number of ether oxygens (including phenoxy) is 2. The maximum atomic E-state index is 11.6. The van der Waals surface area contributed by atoms with Crippen molar-refractivity contribution >= 4 is 5.91 Å². The molecule has 0 radical (unpaired) electrons. The van der Waals surface area contributed by atoms with Crippen LogP contribution in [0, 0.1) is 6.92 Å². The predicted octanol–water partition coefficient (Wildman–Crippen LogP) is -0.309. The van der Waals surface area contributed by atoms with Crippen LogP contribution in [-0.4, -0.2) is 63.2 Å². The molecule has 1 amide bonds. The summed E-state index contributed by atoms with van der Waals surface area (Å²) in [5.41, 5.74) is 1.74. The van der Waals surface area contributed by atoms with Crippen LogP contribution in [0.15, 0.2) is 6.33 Å². The minimum atomic E-state index is -0.127. The number of aryl methyl sites for hydroxylation is 2. The molecule has 1 unspecified atom stereocenters. The van der Waals surface area contributed by atoms with Gasteiger partial charge in [0, 0.05) is 14.1 Å². The molecule has 0 aliphatic carbocycles. The first-order valence-electron chi connectivity index (χ1n) is 7.90. The van der Waals surface area contributed by atoms with Gasteiger partial charge in [0.25, 0.3) is 0 Å².